The molecular formula is C10H11Cl2FO. The van der Waals surface area contributed by atoms with Crippen molar-refractivity contribution in [3.63, 3.8) is 0 Å². The Morgan fingerprint density at radius 1 is 1.36 bits per heavy atom. The SMILES string of the molecule is FCOc1cc(Cl)ccc1CCCCl. The molecule has 0 radical (unpaired) electrons. The van der Waals surface area contributed by atoms with Crippen LogP contribution in [0.2, 0.25) is 5.02 Å². The van der Waals surface area contributed by atoms with Gasteiger partial charge < -0.3 is 4.74 Å². The van der Waals surface area contributed by atoms with Crippen LogP contribution in [-0.4, -0.2) is 12.7 Å². The number of hydrogen-bond donors (Lipinski definition) is 0. The van der Waals surface area contributed by atoms with Gasteiger partial charge in [-0.2, -0.15) is 0 Å². The highest BCUT2D eigenvalue weighted by atomic mass is 35.5. The predicted molar refractivity (Wildman–Crippen MR) is 57.1 cm³/mol. The topological polar surface area (TPSA) is 9.23 Å². The fourth-order valence-corrected chi connectivity index (χ4v) is 1.48. The van der Waals surface area contributed by atoms with Crippen molar-refractivity contribution in [3.05, 3.63) is 28.8 Å². The van der Waals surface area contributed by atoms with E-state index in [9.17, 15) is 4.39 Å². The minimum atomic E-state index is -0.839. The largest absolute Gasteiger partial charge is 0.463 e. The summed E-state index contributed by atoms with van der Waals surface area (Å²) >= 11 is 11.3. The van der Waals surface area contributed by atoms with E-state index in [0.717, 1.165) is 18.4 Å². The molecule has 0 spiro atoms. The van der Waals surface area contributed by atoms with E-state index < -0.39 is 6.86 Å². The van der Waals surface area contributed by atoms with Gasteiger partial charge in [0.05, 0.1) is 0 Å². The zero-order valence-corrected chi connectivity index (χ0v) is 9.11. The van der Waals surface area contributed by atoms with E-state index in [0.29, 0.717) is 16.7 Å². The predicted octanol–water partition coefficient (Wildman–Crippen LogP) is 3.82. The molecule has 0 saturated carbocycles. The van der Waals surface area contributed by atoms with Gasteiger partial charge in [-0.1, -0.05) is 17.7 Å². The molecule has 14 heavy (non-hydrogen) atoms. The van der Waals surface area contributed by atoms with Gasteiger partial charge in [-0.05, 0) is 30.5 Å². The van der Waals surface area contributed by atoms with Gasteiger partial charge in [0.1, 0.15) is 5.75 Å². The van der Waals surface area contributed by atoms with Crippen molar-refractivity contribution in [2.45, 2.75) is 12.8 Å². The van der Waals surface area contributed by atoms with Crippen LogP contribution < -0.4 is 4.74 Å². The van der Waals surface area contributed by atoms with Crippen molar-refractivity contribution in [1.82, 2.24) is 0 Å². The number of ether oxygens (including phenoxy) is 1. The van der Waals surface area contributed by atoms with E-state index in [-0.39, 0.29) is 0 Å². The van der Waals surface area contributed by atoms with Crippen LogP contribution in [0.5, 0.6) is 5.75 Å². The fraction of sp³-hybridized carbons (Fsp3) is 0.400. The maximum absolute atomic E-state index is 12.0. The van der Waals surface area contributed by atoms with Crippen molar-refractivity contribution in [3.8, 4) is 5.75 Å². The monoisotopic (exact) mass is 236 g/mol. The minimum absolute atomic E-state index is 0.505. The number of benzene rings is 1. The normalized spacial score (nSPS) is 10.2. The second-order valence-electron chi connectivity index (χ2n) is 2.80. The third kappa shape index (κ3) is 3.35. The Bertz CT molecular complexity index is 291. The summed E-state index contributed by atoms with van der Waals surface area (Å²) in [4.78, 5) is 0. The molecular weight excluding hydrogens is 226 g/mol. The Labute approximate surface area is 92.8 Å². The van der Waals surface area contributed by atoms with E-state index in [1.165, 1.54) is 0 Å². The van der Waals surface area contributed by atoms with Crippen molar-refractivity contribution in [2.24, 2.45) is 0 Å². The van der Waals surface area contributed by atoms with Gasteiger partial charge in [-0.3, -0.25) is 0 Å². The van der Waals surface area contributed by atoms with Crippen LogP contribution in [0.4, 0.5) is 4.39 Å². The maximum atomic E-state index is 12.0. The smallest absolute Gasteiger partial charge is 0.228 e. The van der Waals surface area contributed by atoms with Gasteiger partial charge in [0.25, 0.3) is 0 Å². The summed E-state index contributed by atoms with van der Waals surface area (Å²) in [6, 6.07) is 5.21. The van der Waals surface area contributed by atoms with Crippen LogP contribution in [-0.2, 0) is 6.42 Å². The van der Waals surface area contributed by atoms with Crippen LogP contribution in [0, 0.1) is 0 Å². The summed E-state index contributed by atoms with van der Waals surface area (Å²) in [7, 11) is 0. The zero-order valence-electron chi connectivity index (χ0n) is 7.60. The summed E-state index contributed by atoms with van der Waals surface area (Å²) in [6.07, 6.45) is 1.61. The molecule has 1 nitrogen and oxygen atoms in total. The first-order chi connectivity index (χ1) is 6.77. The molecule has 0 aliphatic carbocycles. The average molecular weight is 237 g/mol. The molecule has 0 aliphatic rings. The highest BCUT2D eigenvalue weighted by molar-refractivity contribution is 6.30. The third-order valence-corrected chi connectivity index (χ3v) is 2.32. The second kappa shape index (κ2) is 6.10. The molecule has 0 saturated heterocycles. The molecule has 0 unspecified atom stereocenters. The fourth-order valence-electron chi connectivity index (χ4n) is 1.19. The van der Waals surface area contributed by atoms with E-state index in [1.54, 1.807) is 12.1 Å². The molecule has 0 fully saturated rings. The first-order valence-electron chi connectivity index (χ1n) is 4.31. The lowest BCUT2D eigenvalue weighted by molar-refractivity contribution is 0.190. The molecule has 0 aliphatic heterocycles. The summed E-state index contributed by atoms with van der Waals surface area (Å²) in [5, 5.41) is 0.545. The first kappa shape index (κ1) is 11.6. The lowest BCUT2D eigenvalue weighted by Gasteiger charge is -2.08. The van der Waals surface area contributed by atoms with Crippen LogP contribution >= 0.6 is 23.2 Å². The lowest BCUT2D eigenvalue weighted by Crippen LogP contribution is -1.96. The van der Waals surface area contributed by atoms with E-state index in [1.807, 2.05) is 6.07 Å². The molecule has 0 N–H and O–H groups in total. The molecule has 0 bridgehead atoms. The van der Waals surface area contributed by atoms with Gasteiger partial charge >= 0.3 is 0 Å². The van der Waals surface area contributed by atoms with Gasteiger partial charge in [0.2, 0.25) is 6.86 Å². The van der Waals surface area contributed by atoms with Crippen LogP contribution in [0.25, 0.3) is 0 Å². The quantitative estimate of drug-likeness (QED) is 0.707. The van der Waals surface area contributed by atoms with Crippen molar-refractivity contribution < 1.29 is 9.13 Å². The molecule has 0 atom stereocenters. The Morgan fingerprint density at radius 3 is 2.79 bits per heavy atom. The number of aryl methyl sites for hydroxylation is 1. The number of alkyl halides is 2. The Kier molecular flexibility index (Phi) is 5.05. The van der Waals surface area contributed by atoms with Gasteiger partial charge in [-0.25, -0.2) is 4.39 Å². The Morgan fingerprint density at radius 2 is 2.14 bits per heavy atom. The molecule has 0 amide bonds. The number of halogens is 3. The summed E-state index contributed by atoms with van der Waals surface area (Å²) in [5.74, 6) is 1.09. The molecule has 0 heterocycles. The molecule has 0 aromatic heterocycles. The highest BCUT2D eigenvalue weighted by Gasteiger charge is 2.04. The lowest BCUT2D eigenvalue weighted by atomic mass is 10.1. The van der Waals surface area contributed by atoms with Gasteiger partial charge in [-0.15, -0.1) is 11.6 Å². The minimum Gasteiger partial charge on any atom is -0.463 e. The van der Waals surface area contributed by atoms with Crippen LogP contribution in [0.15, 0.2) is 18.2 Å². The van der Waals surface area contributed by atoms with Crippen LogP contribution in [0.3, 0.4) is 0 Å². The molecule has 1 aromatic carbocycles. The van der Waals surface area contributed by atoms with Crippen molar-refractivity contribution >= 4 is 23.2 Å². The maximum Gasteiger partial charge on any atom is 0.228 e. The Hall–Kier alpha value is -0.470. The highest BCUT2D eigenvalue weighted by Crippen LogP contribution is 2.24. The number of rotatable bonds is 5. The molecule has 4 heteroatoms. The molecule has 78 valence electrons. The van der Waals surface area contributed by atoms with Crippen LogP contribution in [0.1, 0.15) is 12.0 Å². The zero-order chi connectivity index (χ0) is 10.4. The number of hydrogen-bond acceptors (Lipinski definition) is 1. The van der Waals surface area contributed by atoms with Gasteiger partial charge in [0, 0.05) is 10.9 Å². The van der Waals surface area contributed by atoms with Crippen molar-refractivity contribution in [1.29, 1.82) is 0 Å². The van der Waals surface area contributed by atoms with E-state index in [4.69, 9.17) is 27.9 Å². The third-order valence-electron chi connectivity index (χ3n) is 1.82. The average Bonchev–Trinajstić information content (AvgIpc) is 2.17. The molecule has 1 aromatic rings. The summed E-state index contributed by atoms with van der Waals surface area (Å²) in [6.45, 7) is -0.839. The van der Waals surface area contributed by atoms with E-state index >= 15 is 0 Å². The Balaban J connectivity index is 2.78. The summed E-state index contributed by atoms with van der Waals surface area (Å²) < 4.78 is 16.8. The second-order valence-corrected chi connectivity index (χ2v) is 3.61. The van der Waals surface area contributed by atoms with Gasteiger partial charge in [0.15, 0.2) is 0 Å². The first-order valence-corrected chi connectivity index (χ1v) is 5.22. The summed E-state index contributed by atoms with van der Waals surface area (Å²) in [5.41, 5.74) is 0.938. The standard InChI is InChI=1S/C10H11Cl2FO/c11-5-1-2-8-3-4-9(12)6-10(8)14-7-13/h3-4,6H,1-2,5,7H2. The molecule has 1 rings (SSSR count). The van der Waals surface area contributed by atoms with Crippen molar-refractivity contribution in [2.75, 3.05) is 12.7 Å². The van der Waals surface area contributed by atoms with E-state index in [2.05, 4.69) is 0 Å².